The molecule has 0 atom stereocenters. The van der Waals surface area contributed by atoms with E-state index in [0.717, 1.165) is 0 Å². The SMILES string of the molecule is Cl.NC(=O)c1ccc(S(=O)(=O)N2CCN(C(=O)c3ccc(N)cc3)CC2)o1. The van der Waals surface area contributed by atoms with E-state index in [9.17, 15) is 18.0 Å². The molecule has 146 valence electrons. The maximum atomic E-state index is 12.6. The number of furan rings is 1. The fourth-order valence-electron chi connectivity index (χ4n) is 2.66. The fourth-order valence-corrected chi connectivity index (χ4v) is 3.99. The van der Waals surface area contributed by atoms with Gasteiger partial charge in [-0.05, 0) is 36.4 Å². The number of hydrogen-bond donors (Lipinski definition) is 2. The number of primary amides is 1. The number of rotatable bonds is 4. The number of halogens is 1. The van der Waals surface area contributed by atoms with Gasteiger partial charge in [-0.25, -0.2) is 8.42 Å². The molecule has 0 unspecified atom stereocenters. The zero-order valence-electron chi connectivity index (χ0n) is 14.2. The van der Waals surface area contributed by atoms with Crippen LogP contribution in [0.3, 0.4) is 0 Å². The van der Waals surface area contributed by atoms with Gasteiger partial charge >= 0.3 is 0 Å². The number of carbonyl (C=O) groups is 2. The van der Waals surface area contributed by atoms with E-state index in [1.807, 2.05) is 0 Å². The summed E-state index contributed by atoms with van der Waals surface area (Å²) in [6.45, 7) is 0.725. The standard InChI is InChI=1S/C16H18N4O5S.ClH/c17-12-3-1-11(2-4-12)16(22)19-7-9-20(10-8-19)26(23,24)14-6-5-13(25-14)15(18)21;/h1-6H,7-10,17H2,(H2,18,21);1H. The predicted octanol–water partition coefficient (Wildman–Crippen LogP) is 0.529. The molecular formula is C16H19ClN4O5S. The van der Waals surface area contributed by atoms with E-state index in [1.54, 1.807) is 29.2 Å². The third kappa shape index (κ3) is 4.24. The van der Waals surface area contributed by atoms with Crippen molar-refractivity contribution in [2.75, 3.05) is 31.9 Å². The highest BCUT2D eigenvalue weighted by Crippen LogP contribution is 2.21. The molecular weight excluding hydrogens is 396 g/mol. The first kappa shape index (κ1) is 20.7. The van der Waals surface area contributed by atoms with E-state index in [0.29, 0.717) is 11.3 Å². The number of nitrogen functional groups attached to an aromatic ring is 1. The number of benzene rings is 1. The van der Waals surface area contributed by atoms with Crippen LogP contribution >= 0.6 is 12.4 Å². The molecule has 1 aromatic carbocycles. The smallest absolute Gasteiger partial charge is 0.284 e. The van der Waals surface area contributed by atoms with Gasteiger partial charge in [0, 0.05) is 37.4 Å². The monoisotopic (exact) mass is 414 g/mol. The minimum Gasteiger partial charge on any atom is -0.438 e. The van der Waals surface area contributed by atoms with Crippen molar-refractivity contribution in [2.24, 2.45) is 5.73 Å². The normalized spacial score (nSPS) is 15.2. The van der Waals surface area contributed by atoms with Gasteiger partial charge < -0.3 is 20.8 Å². The molecule has 2 aromatic rings. The zero-order chi connectivity index (χ0) is 18.9. The highest BCUT2D eigenvalue weighted by Gasteiger charge is 2.32. The van der Waals surface area contributed by atoms with Gasteiger partial charge in [0.15, 0.2) is 5.76 Å². The van der Waals surface area contributed by atoms with Gasteiger partial charge in [0.25, 0.3) is 21.8 Å². The number of amides is 2. The van der Waals surface area contributed by atoms with Crippen molar-refractivity contribution in [3.63, 3.8) is 0 Å². The number of piperazine rings is 1. The second-order valence-corrected chi connectivity index (χ2v) is 7.67. The van der Waals surface area contributed by atoms with Crippen LogP contribution in [0, 0.1) is 0 Å². The van der Waals surface area contributed by atoms with Crippen LogP contribution in [0.15, 0.2) is 45.9 Å². The molecule has 3 rings (SSSR count). The summed E-state index contributed by atoms with van der Waals surface area (Å²) in [5, 5.41) is -0.343. The Kier molecular flexibility index (Phi) is 6.14. The van der Waals surface area contributed by atoms with Crippen LogP contribution in [0.1, 0.15) is 20.9 Å². The van der Waals surface area contributed by atoms with Crippen LogP contribution in [0.2, 0.25) is 0 Å². The minimum absolute atomic E-state index is 0. The molecule has 0 aliphatic carbocycles. The number of hydrogen-bond acceptors (Lipinski definition) is 6. The highest BCUT2D eigenvalue weighted by atomic mass is 35.5. The molecule has 0 saturated carbocycles. The Morgan fingerprint density at radius 3 is 2.07 bits per heavy atom. The van der Waals surface area contributed by atoms with E-state index in [1.165, 1.54) is 16.4 Å². The first-order valence-corrected chi connectivity index (χ1v) is 9.27. The van der Waals surface area contributed by atoms with Crippen LogP contribution in [-0.4, -0.2) is 55.6 Å². The average Bonchev–Trinajstić information content (AvgIpc) is 3.13. The number of nitrogens with two attached hydrogens (primary N) is 2. The molecule has 1 aromatic heterocycles. The maximum Gasteiger partial charge on any atom is 0.284 e. The second-order valence-electron chi connectivity index (χ2n) is 5.80. The Labute approximate surface area is 162 Å². The van der Waals surface area contributed by atoms with Gasteiger partial charge in [-0.15, -0.1) is 12.4 Å². The van der Waals surface area contributed by atoms with Crippen molar-refractivity contribution < 1.29 is 22.4 Å². The predicted molar refractivity (Wildman–Crippen MR) is 100.0 cm³/mol. The van der Waals surface area contributed by atoms with Crippen molar-refractivity contribution in [3.05, 3.63) is 47.7 Å². The Balaban J connectivity index is 0.00000261. The molecule has 11 heteroatoms. The first-order valence-electron chi connectivity index (χ1n) is 7.83. The lowest BCUT2D eigenvalue weighted by Gasteiger charge is -2.33. The first-order chi connectivity index (χ1) is 12.3. The Bertz CT molecular complexity index is 934. The summed E-state index contributed by atoms with van der Waals surface area (Å²) in [7, 11) is -3.89. The molecule has 0 spiro atoms. The number of sulfonamides is 1. The van der Waals surface area contributed by atoms with Crippen molar-refractivity contribution in [1.29, 1.82) is 0 Å². The molecule has 1 fully saturated rings. The van der Waals surface area contributed by atoms with Crippen molar-refractivity contribution in [2.45, 2.75) is 5.09 Å². The van der Waals surface area contributed by atoms with E-state index in [2.05, 4.69) is 0 Å². The summed E-state index contributed by atoms with van der Waals surface area (Å²) >= 11 is 0. The molecule has 1 aliphatic heterocycles. The van der Waals surface area contributed by atoms with Gasteiger partial charge in [-0.1, -0.05) is 0 Å². The summed E-state index contributed by atoms with van der Waals surface area (Å²) < 4.78 is 31.4. The van der Waals surface area contributed by atoms with Crippen LogP contribution < -0.4 is 11.5 Å². The molecule has 0 radical (unpaired) electrons. The topological polar surface area (TPSA) is 140 Å². The molecule has 9 nitrogen and oxygen atoms in total. The average molecular weight is 415 g/mol. The summed E-state index contributed by atoms with van der Waals surface area (Å²) in [6.07, 6.45) is 0. The van der Waals surface area contributed by atoms with Gasteiger partial charge in [0.2, 0.25) is 5.09 Å². The minimum atomic E-state index is -3.89. The molecule has 2 heterocycles. The van der Waals surface area contributed by atoms with Crippen LogP contribution in [0.5, 0.6) is 0 Å². The summed E-state index contributed by atoms with van der Waals surface area (Å²) in [5.74, 6) is -1.25. The van der Waals surface area contributed by atoms with Gasteiger partial charge in [0.05, 0.1) is 0 Å². The van der Waals surface area contributed by atoms with Crippen LogP contribution in [0.25, 0.3) is 0 Å². The van der Waals surface area contributed by atoms with Gasteiger partial charge in [0.1, 0.15) is 0 Å². The summed E-state index contributed by atoms with van der Waals surface area (Å²) in [5.41, 5.74) is 11.7. The van der Waals surface area contributed by atoms with Gasteiger partial charge in [-0.3, -0.25) is 9.59 Å². The van der Waals surface area contributed by atoms with Crippen molar-refractivity contribution in [1.82, 2.24) is 9.21 Å². The quantitative estimate of drug-likeness (QED) is 0.699. The zero-order valence-corrected chi connectivity index (χ0v) is 15.8. The van der Waals surface area contributed by atoms with E-state index >= 15 is 0 Å². The molecule has 1 aliphatic rings. The third-order valence-corrected chi connectivity index (χ3v) is 5.87. The highest BCUT2D eigenvalue weighted by molar-refractivity contribution is 7.89. The summed E-state index contributed by atoms with van der Waals surface area (Å²) in [4.78, 5) is 25.1. The van der Waals surface area contributed by atoms with E-state index < -0.39 is 15.9 Å². The lowest BCUT2D eigenvalue weighted by molar-refractivity contribution is 0.0696. The largest absolute Gasteiger partial charge is 0.438 e. The van der Waals surface area contributed by atoms with Crippen LogP contribution in [-0.2, 0) is 10.0 Å². The number of anilines is 1. The molecule has 4 N–H and O–H groups in total. The maximum absolute atomic E-state index is 12.6. The molecule has 1 saturated heterocycles. The number of nitrogens with zero attached hydrogens (tertiary/aromatic N) is 2. The Hall–Kier alpha value is -2.56. The molecule has 27 heavy (non-hydrogen) atoms. The number of carbonyl (C=O) groups excluding carboxylic acids is 2. The lowest BCUT2D eigenvalue weighted by Crippen LogP contribution is -2.50. The van der Waals surface area contributed by atoms with Crippen molar-refractivity contribution in [3.8, 4) is 0 Å². The lowest BCUT2D eigenvalue weighted by atomic mass is 10.1. The van der Waals surface area contributed by atoms with E-state index in [4.69, 9.17) is 15.9 Å². The summed E-state index contributed by atoms with van der Waals surface area (Å²) in [6, 6.07) is 8.96. The molecule has 2 amide bonds. The third-order valence-electron chi connectivity index (χ3n) is 4.10. The fraction of sp³-hybridized carbons (Fsp3) is 0.250. The van der Waals surface area contributed by atoms with Gasteiger partial charge in [-0.2, -0.15) is 4.31 Å². The Morgan fingerprint density at radius 1 is 0.963 bits per heavy atom. The Morgan fingerprint density at radius 2 is 1.56 bits per heavy atom. The molecule has 0 bridgehead atoms. The second kappa shape index (κ2) is 7.99. The van der Waals surface area contributed by atoms with E-state index in [-0.39, 0.29) is 55.3 Å². The van der Waals surface area contributed by atoms with Crippen molar-refractivity contribution >= 4 is 39.9 Å². The van der Waals surface area contributed by atoms with Crippen LogP contribution in [0.4, 0.5) is 5.69 Å².